The van der Waals surface area contributed by atoms with E-state index in [1.54, 1.807) is 0 Å². The number of hydrogen-bond acceptors (Lipinski definition) is 3. The summed E-state index contributed by atoms with van der Waals surface area (Å²) in [6.45, 7) is 3.74. The monoisotopic (exact) mass is 255 g/mol. The van der Waals surface area contributed by atoms with Crippen LogP contribution in [-0.2, 0) is 4.74 Å². The summed E-state index contributed by atoms with van der Waals surface area (Å²) in [5, 5.41) is 13.0. The minimum Gasteiger partial charge on any atom is -0.394 e. The molecule has 2 N–H and O–H groups in total. The van der Waals surface area contributed by atoms with E-state index in [1.165, 1.54) is 51.4 Å². The van der Waals surface area contributed by atoms with E-state index in [0.29, 0.717) is 12.6 Å². The fourth-order valence-electron chi connectivity index (χ4n) is 2.83. The van der Waals surface area contributed by atoms with Crippen LogP contribution in [0.15, 0.2) is 0 Å². The number of hydrogen-bond donors (Lipinski definition) is 2. The topological polar surface area (TPSA) is 41.5 Å². The molecular formula is C15H29NO2. The number of ether oxygens (including phenoxy) is 1. The van der Waals surface area contributed by atoms with E-state index in [1.807, 2.05) is 0 Å². The van der Waals surface area contributed by atoms with Crippen molar-refractivity contribution < 1.29 is 9.84 Å². The van der Waals surface area contributed by atoms with Crippen LogP contribution in [0.4, 0.5) is 0 Å². The van der Waals surface area contributed by atoms with E-state index in [2.05, 4.69) is 12.2 Å². The summed E-state index contributed by atoms with van der Waals surface area (Å²) >= 11 is 0. The standard InChI is InChI=1S/C15H29NO2/c1-15(11-17,16-14-8-9-14)12-18-10-13-6-4-2-3-5-7-13/h13-14,16-17H,2-12H2,1H3. The molecule has 3 heteroatoms. The van der Waals surface area contributed by atoms with Crippen LogP contribution in [0.1, 0.15) is 58.3 Å². The van der Waals surface area contributed by atoms with Gasteiger partial charge in [0.05, 0.1) is 18.8 Å². The fourth-order valence-corrected chi connectivity index (χ4v) is 2.83. The van der Waals surface area contributed by atoms with E-state index in [-0.39, 0.29) is 12.1 Å². The highest BCUT2D eigenvalue weighted by molar-refractivity contribution is 4.92. The Morgan fingerprint density at radius 3 is 2.33 bits per heavy atom. The summed E-state index contributed by atoms with van der Waals surface area (Å²) in [6, 6.07) is 0.614. The zero-order chi connectivity index (χ0) is 12.8. The molecule has 0 aromatic heterocycles. The van der Waals surface area contributed by atoms with Crippen LogP contribution < -0.4 is 5.32 Å². The van der Waals surface area contributed by atoms with Gasteiger partial charge >= 0.3 is 0 Å². The molecule has 0 saturated heterocycles. The Morgan fingerprint density at radius 1 is 1.11 bits per heavy atom. The van der Waals surface area contributed by atoms with Gasteiger partial charge in [-0.25, -0.2) is 0 Å². The molecule has 2 aliphatic carbocycles. The molecule has 0 aromatic carbocycles. The zero-order valence-corrected chi connectivity index (χ0v) is 11.8. The molecule has 0 aliphatic heterocycles. The summed E-state index contributed by atoms with van der Waals surface area (Å²) in [5.41, 5.74) is -0.244. The third-order valence-electron chi connectivity index (χ3n) is 4.23. The van der Waals surface area contributed by atoms with E-state index < -0.39 is 0 Å². The molecule has 1 atom stereocenters. The van der Waals surface area contributed by atoms with Gasteiger partial charge in [0.25, 0.3) is 0 Å². The molecule has 0 aromatic rings. The van der Waals surface area contributed by atoms with Crippen LogP contribution in [-0.4, -0.2) is 36.5 Å². The van der Waals surface area contributed by atoms with Gasteiger partial charge in [-0.1, -0.05) is 25.7 Å². The van der Waals surface area contributed by atoms with Gasteiger partial charge in [0.1, 0.15) is 0 Å². The summed E-state index contributed by atoms with van der Waals surface area (Å²) in [4.78, 5) is 0. The third kappa shape index (κ3) is 4.87. The second kappa shape index (κ2) is 6.88. The van der Waals surface area contributed by atoms with Gasteiger partial charge in [0.2, 0.25) is 0 Å². The third-order valence-corrected chi connectivity index (χ3v) is 4.23. The van der Waals surface area contributed by atoms with Crippen molar-refractivity contribution in [2.45, 2.75) is 69.9 Å². The minimum absolute atomic E-state index is 0.161. The maximum absolute atomic E-state index is 9.50. The Morgan fingerprint density at radius 2 is 1.78 bits per heavy atom. The molecule has 18 heavy (non-hydrogen) atoms. The van der Waals surface area contributed by atoms with E-state index in [4.69, 9.17) is 4.74 Å². The average Bonchev–Trinajstić information content (AvgIpc) is 3.17. The lowest BCUT2D eigenvalue weighted by Crippen LogP contribution is -2.50. The van der Waals surface area contributed by atoms with Gasteiger partial charge < -0.3 is 15.2 Å². The predicted octanol–water partition coefficient (Wildman–Crippen LogP) is 2.48. The Hall–Kier alpha value is -0.120. The highest BCUT2D eigenvalue weighted by Gasteiger charge is 2.32. The normalized spacial score (nSPS) is 25.7. The van der Waals surface area contributed by atoms with Crippen molar-refractivity contribution in [2.24, 2.45) is 5.92 Å². The highest BCUT2D eigenvalue weighted by Crippen LogP contribution is 2.24. The van der Waals surface area contributed by atoms with Crippen LogP contribution in [0.5, 0.6) is 0 Å². The van der Waals surface area contributed by atoms with Crippen molar-refractivity contribution in [3.05, 3.63) is 0 Å². The second-order valence-corrected chi connectivity index (χ2v) is 6.51. The molecular weight excluding hydrogens is 226 g/mol. The van der Waals surface area contributed by atoms with Crippen LogP contribution in [0.3, 0.4) is 0 Å². The Balaban J connectivity index is 1.65. The molecule has 2 fully saturated rings. The maximum Gasteiger partial charge on any atom is 0.0668 e. The van der Waals surface area contributed by atoms with Crippen LogP contribution in [0.25, 0.3) is 0 Å². The summed E-state index contributed by atoms with van der Waals surface area (Å²) in [7, 11) is 0. The Kier molecular flexibility index (Phi) is 5.46. The van der Waals surface area contributed by atoms with E-state index in [0.717, 1.165) is 12.5 Å². The molecule has 0 bridgehead atoms. The van der Waals surface area contributed by atoms with Crippen molar-refractivity contribution in [1.82, 2.24) is 5.32 Å². The van der Waals surface area contributed by atoms with Crippen molar-refractivity contribution >= 4 is 0 Å². The van der Waals surface area contributed by atoms with Crippen molar-refractivity contribution in [3.63, 3.8) is 0 Å². The van der Waals surface area contributed by atoms with Crippen LogP contribution in [0, 0.1) is 5.92 Å². The van der Waals surface area contributed by atoms with Crippen molar-refractivity contribution in [2.75, 3.05) is 19.8 Å². The first kappa shape index (κ1) is 14.3. The summed E-state index contributed by atoms with van der Waals surface area (Å²) in [5.74, 6) is 0.747. The number of nitrogens with one attached hydrogen (secondary N) is 1. The number of rotatable bonds is 7. The first-order valence-corrected chi connectivity index (χ1v) is 7.68. The van der Waals surface area contributed by atoms with Gasteiger partial charge in [0.15, 0.2) is 0 Å². The second-order valence-electron chi connectivity index (χ2n) is 6.51. The van der Waals surface area contributed by atoms with Crippen molar-refractivity contribution in [1.29, 1.82) is 0 Å². The molecule has 0 radical (unpaired) electrons. The lowest BCUT2D eigenvalue weighted by molar-refractivity contribution is 0.0245. The smallest absolute Gasteiger partial charge is 0.0668 e. The van der Waals surface area contributed by atoms with Gasteiger partial charge in [-0.3, -0.25) is 0 Å². The SMILES string of the molecule is CC(CO)(COCC1CCCCCC1)NC1CC1. The van der Waals surface area contributed by atoms with Gasteiger partial charge in [0, 0.05) is 12.6 Å². The minimum atomic E-state index is -0.244. The number of aliphatic hydroxyl groups is 1. The van der Waals surface area contributed by atoms with E-state index in [9.17, 15) is 5.11 Å². The Labute approximate surface area is 111 Å². The molecule has 0 spiro atoms. The maximum atomic E-state index is 9.50. The van der Waals surface area contributed by atoms with Crippen molar-refractivity contribution in [3.8, 4) is 0 Å². The van der Waals surface area contributed by atoms with Crippen LogP contribution >= 0.6 is 0 Å². The van der Waals surface area contributed by atoms with E-state index >= 15 is 0 Å². The molecule has 2 rings (SSSR count). The highest BCUT2D eigenvalue weighted by atomic mass is 16.5. The van der Waals surface area contributed by atoms with Gasteiger partial charge in [-0.05, 0) is 38.5 Å². The zero-order valence-electron chi connectivity index (χ0n) is 11.8. The first-order valence-electron chi connectivity index (χ1n) is 7.68. The van der Waals surface area contributed by atoms with Gasteiger partial charge in [-0.2, -0.15) is 0 Å². The quantitative estimate of drug-likeness (QED) is 0.687. The fraction of sp³-hybridized carbons (Fsp3) is 1.00. The largest absolute Gasteiger partial charge is 0.394 e. The molecule has 2 aliphatic rings. The Bertz CT molecular complexity index is 235. The molecule has 0 heterocycles. The molecule has 2 saturated carbocycles. The van der Waals surface area contributed by atoms with Crippen LogP contribution in [0.2, 0.25) is 0 Å². The first-order chi connectivity index (χ1) is 8.72. The summed E-state index contributed by atoms with van der Waals surface area (Å²) in [6.07, 6.45) is 10.7. The lowest BCUT2D eigenvalue weighted by Gasteiger charge is -2.29. The molecule has 1 unspecified atom stereocenters. The average molecular weight is 255 g/mol. The molecule has 106 valence electrons. The molecule has 3 nitrogen and oxygen atoms in total. The predicted molar refractivity (Wildman–Crippen MR) is 73.7 cm³/mol. The lowest BCUT2D eigenvalue weighted by atomic mass is 10.0. The summed E-state index contributed by atoms with van der Waals surface area (Å²) < 4.78 is 5.89. The number of aliphatic hydroxyl groups excluding tert-OH is 1. The molecule has 0 amide bonds. The van der Waals surface area contributed by atoms with Gasteiger partial charge in [-0.15, -0.1) is 0 Å².